The molecule has 0 bridgehead atoms. The monoisotopic (exact) mass is 490 g/mol. The third kappa shape index (κ3) is 5.08. The number of halogens is 2. The van der Waals surface area contributed by atoms with Crippen LogP contribution in [0, 0.1) is 30.5 Å². The normalized spacial score (nSPS) is 20.8. The third-order valence-corrected chi connectivity index (χ3v) is 7.12. The van der Waals surface area contributed by atoms with E-state index in [0.717, 1.165) is 18.4 Å². The summed E-state index contributed by atoms with van der Waals surface area (Å²) in [5.41, 5.74) is 1.77. The van der Waals surface area contributed by atoms with E-state index in [1.807, 2.05) is 25.1 Å². The third-order valence-electron chi connectivity index (χ3n) is 7.12. The van der Waals surface area contributed by atoms with E-state index in [1.54, 1.807) is 18.2 Å². The van der Waals surface area contributed by atoms with E-state index in [1.165, 1.54) is 41.8 Å². The quantitative estimate of drug-likeness (QED) is 0.446. The van der Waals surface area contributed by atoms with Crippen LogP contribution < -0.4 is 15.5 Å². The average Bonchev–Trinajstić information content (AvgIpc) is 3.47. The fourth-order valence-corrected chi connectivity index (χ4v) is 5.24. The minimum atomic E-state index is -1.03. The molecule has 1 heterocycles. The highest BCUT2D eigenvalue weighted by molar-refractivity contribution is 6.03. The summed E-state index contributed by atoms with van der Waals surface area (Å²) >= 11 is 0. The lowest BCUT2D eigenvalue weighted by Gasteiger charge is -2.33. The summed E-state index contributed by atoms with van der Waals surface area (Å²) in [6.45, 7) is 1.56. The van der Waals surface area contributed by atoms with Crippen LogP contribution in [-0.4, -0.2) is 29.4 Å². The molecular formula is C28H28F2N4O2. The van der Waals surface area contributed by atoms with Crippen molar-refractivity contribution in [1.82, 2.24) is 10.3 Å². The van der Waals surface area contributed by atoms with Gasteiger partial charge in [-0.2, -0.15) is 4.39 Å². The minimum absolute atomic E-state index is 0.0554. The van der Waals surface area contributed by atoms with Crippen molar-refractivity contribution >= 4 is 23.2 Å². The molecule has 2 aromatic carbocycles. The molecular weight excluding hydrogens is 462 g/mol. The smallest absolute Gasteiger partial charge is 0.248 e. The first kappa shape index (κ1) is 23.9. The van der Waals surface area contributed by atoms with Crippen molar-refractivity contribution in [2.75, 3.05) is 16.8 Å². The van der Waals surface area contributed by atoms with E-state index in [2.05, 4.69) is 15.6 Å². The van der Waals surface area contributed by atoms with Gasteiger partial charge in [0.25, 0.3) is 0 Å². The largest absolute Gasteiger partial charge is 0.372 e. The van der Waals surface area contributed by atoms with Crippen LogP contribution in [0.25, 0.3) is 0 Å². The lowest BCUT2D eigenvalue weighted by molar-refractivity contribution is -0.126. The molecule has 8 heteroatoms. The molecule has 0 radical (unpaired) electrons. The van der Waals surface area contributed by atoms with Gasteiger partial charge in [-0.25, -0.2) is 9.37 Å². The molecule has 3 atom stereocenters. The average molecular weight is 491 g/mol. The maximum atomic E-state index is 14.3. The summed E-state index contributed by atoms with van der Waals surface area (Å²) in [6.07, 6.45) is 4.41. The number of pyridine rings is 1. The predicted molar refractivity (Wildman–Crippen MR) is 133 cm³/mol. The van der Waals surface area contributed by atoms with Gasteiger partial charge >= 0.3 is 0 Å². The van der Waals surface area contributed by atoms with Crippen molar-refractivity contribution in [2.45, 2.75) is 38.3 Å². The number of rotatable bonds is 8. The van der Waals surface area contributed by atoms with Crippen LogP contribution in [0.15, 0.2) is 66.9 Å². The lowest BCUT2D eigenvalue weighted by atomic mass is 9.97. The number of aryl methyl sites for hydroxylation is 1. The number of benzene rings is 2. The van der Waals surface area contributed by atoms with Gasteiger partial charge in [-0.05, 0) is 79.5 Å². The van der Waals surface area contributed by atoms with Crippen LogP contribution >= 0.6 is 0 Å². The van der Waals surface area contributed by atoms with Crippen LogP contribution in [0.3, 0.4) is 0 Å². The Hall–Kier alpha value is -3.81. The van der Waals surface area contributed by atoms with Crippen molar-refractivity contribution in [3.63, 3.8) is 0 Å². The Bertz CT molecular complexity index is 1270. The van der Waals surface area contributed by atoms with Crippen molar-refractivity contribution in [3.05, 3.63) is 89.8 Å². The summed E-state index contributed by atoms with van der Waals surface area (Å²) in [5.74, 6) is -0.757. The number of hydrogen-bond acceptors (Lipinski definition) is 4. The van der Waals surface area contributed by atoms with Crippen LogP contribution in [0.5, 0.6) is 0 Å². The van der Waals surface area contributed by atoms with Crippen LogP contribution in [0.4, 0.5) is 20.2 Å². The Labute approximate surface area is 208 Å². The zero-order chi connectivity index (χ0) is 25.2. The van der Waals surface area contributed by atoms with E-state index in [9.17, 15) is 18.4 Å². The van der Waals surface area contributed by atoms with Crippen molar-refractivity contribution in [2.24, 2.45) is 11.8 Å². The van der Waals surface area contributed by atoms with Gasteiger partial charge in [-0.3, -0.25) is 14.5 Å². The molecule has 186 valence electrons. The molecule has 2 aliphatic rings. The van der Waals surface area contributed by atoms with Gasteiger partial charge in [0.15, 0.2) is 0 Å². The molecule has 3 aromatic rings. The van der Waals surface area contributed by atoms with Crippen molar-refractivity contribution in [3.8, 4) is 0 Å². The van der Waals surface area contributed by atoms with E-state index in [4.69, 9.17) is 0 Å². The summed E-state index contributed by atoms with van der Waals surface area (Å²) < 4.78 is 28.4. The Kier molecular flexibility index (Phi) is 6.67. The van der Waals surface area contributed by atoms with E-state index in [-0.39, 0.29) is 29.9 Å². The van der Waals surface area contributed by atoms with Gasteiger partial charge in [-0.15, -0.1) is 0 Å². The summed E-state index contributed by atoms with van der Waals surface area (Å²) in [5, 5.41) is 5.92. The maximum absolute atomic E-state index is 14.3. The van der Waals surface area contributed by atoms with E-state index >= 15 is 0 Å². The first-order valence-electron chi connectivity index (χ1n) is 12.2. The highest BCUT2D eigenvalue weighted by atomic mass is 19.1. The number of nitrogens with one attached hydrogen (secondary N) is 2. The molecule has 1 aromatic heterocycles. The molecule has 2 saturated carbocycles. The van der Waals surface area contributed by atoms with Gasteiger partial charge in [0.2, 0.25) is 17.8 Å². The van der Waals surface area contributed by atoms with Gasteiger partial charge in [-0.1, -0.05) is 30.3 Å². The first-order chi connectivity index (χ1) is 17.4. The van der Waals surface area contributed by atoms with E-state index in [0.29, 0.717) is 17.4 Å². The predicted octanol–water partition coefficient (Wildman–Crippen LogP) is 4.77. The molecule has 0 aliphatic heterocycles. The lowest BCUT2D eigenvalue weighted by Crippen LogP contribution is -2.48. The molecule has 0 saturated heterocycles. The Balaban J connectivity index is 1.50. The van der Waals surface area contributed by atoms with Gasteiger partial charge < -0.3 is 10.6 Å². The molecule has 2 fully saturated rings. The molecule has 6 nitrogen and oxygen atoms in total. The number of aromatic nitrogens is 1. The second-order valence-electron chi connectivity index (χ2n) is 9.63. The molecule has 2 amide bonds. The van der Waals surface area contributed by atoms with Crippen molar-refractivity contribution in [1.29, 1.82) is 0 Å². The van der Waals surface area contributed by atoms with Crippen LogP contribution in [0.1, 0.15) is 36.4 Å². The topological polar surface area (TPSA) is 74.3 Å². The van der Waals surface area contributed by atoms with Crippen LogP contribution in [0.2, 0.25) is 0 Å². The van der Waals surface area contributed by atoms with Crippen LogP contribution in [-0.2, 0) is 9.59 Å². The first-order valence-corrected chi connectivity index (χ1v) is 12.2. The van der Waals surface area contributed by atoms with Gasteiger partial charge in [0, 0.05) is 17.9 Å². The molecule has 3 unspecified atom stereocenters. The number of carbonyl (C=O) groups is 2. The highest BCUT2D eigenvalue weighted by Gasteiger charge is 2.47. The number of nitrogens with zero attached hydrogens (tertiary/aromatic N) is 2. The summed E-state index contributed by atoms with van der Waals surface area (Å²) in [6, 6.07) is 15.0. The molecule has 2 N–H and O–H groups in total. The Morgan fingerprint density at radius 1 is 1.03 bits per heavy atom. The molecule has 2 aliphatic carbocycles. The number of fused-ring (bicyclic) bond motifs is 1. The summed E-state index contributed by atoms with van der Waals surface area (Å²) in [7, 11) is 0. The second-order valence-corrected chi connectivity index (χ2v) is 9.63. The van der Waals surface area contributed by atoms with Gasteiger partial charge in [0.05, 0.1) is 12.2 Å². The zero-order valence-electron chi connectivity index (χ0n) is 20.0. The molecule has 36 heavy (non-hydrogen) atoms. The summed E-state index contributed by atoms with van der Waals surface area (Å²) in [4.78, 5) is 32.4. The number of anilines is 2. The van der Waals surface area contributed by atoms with E-state index < -0.39 is 23.7 Å². The zero-order valence-corrected chi connectivity index (χ0v) is 20.0. The highest BCUT2D eigenvalue weighted by Crippen LogP contribution is 2.51. The molecule has 5 rings (SSSR count). The Morgan fingerprint density at radius 2 is 1.81 bits per heavy atom. The maximum Gasteiger partial charge on any atom is 0.248 e. The number of hydrogen-bond donors (Lipinski definition) is 2. The number of carbonyl (C=O) groups excluding carboxylic acids is 2. The fourth-order valence-electron chi connectivity index (χ4n) is 5.24. The minimum Gasteiger partial charge on any atom is -0.372 e. The Morgan fingerprint density at radius 3 is 2.53 bits per heavy atom. The standard InChI is InChI=1S/C28H28F2N4O2/c1-17-6-2-3-9-23(17)26(28(36)33-21-13-18-12-19(18)14-21)34(22-8-4-7-20(29)15-22)25(35)16-32-24-10-5-11-31-27(24)30/h2-11,15,18-19,21,26,32H,12-14,16H2,1H3,(H,33,36). The molecule has 0 spiro atoms. The second kappa shape index (κ2) is 10.0. The van der Waals surface area contributed by atoms with Crippen molar-refractivity contribution < 1.29 is 18.4 Å². The SMILES string of the molecule is Cc1ccccc1C(C(=O)NC1CC2CC2C1)N(C(=O)CNc1cccnc1F)c1cccc(F)c1. The number of amides is 2. The van der Waals surface area contributed by atoms with Gasteiger partial charge in [0.1, 0.15) is 11.9 Å². The fraction of sp³-hybridized carbons (Fsp3) is 0.321.